The number of H-pyrrole nitrogens is 1. The lowest BCUT2D eigenvalue weighted by molar-refractivity contribution is -0.142. The van der Waals surface area contributed by atoms with Gasteiger partial charge in [0.05, 0.1) is 30.7 Å². The number of halogens is 1. The number of nitrogens with one attached hydrogen (secondary N) is 1. The SMILES string of the molecule is O=C(O)CN(CC(=O)O)Cc1nc2ccc(Br)cc2[nH]1. The Morgan fingerprint density at radius 3 is 2.50 bits per heavy atom. The molecule has 0 aliphatic heterocycles. The Morgan fingerprint density at radius 2 is 1.90 bits per heavy atom. The van der Waals surface area contributed by atoms with E-state index in [1.165, 1.54) is 4.90 Å². The fraction of sp³-hybridized carbons (Fsp3) is 0.250. The monoisotopic (exact) mass is 341 g/mol. The number of nitrogens with zero attached hydrogens (tertiary/aromatic N) is 2. The van der Waals surface area contributed by atoms with Crippen LogP contribution in [-0.2, 0) is 16.1 Å². The molecule has 0 bridgehead atoms. The Balaban J connectivity index is 2.18. The van der Waals surface area contributed by atoms with Gasteiger partial charge in [0.2, 0.25) is 0 Å². The van der Waals surface area contributed by atoms with Crippen molar-refractivity contribution < 1.29 is 19.8 Å². The molecule has 1 heterocycles. The minimum atomic E-state index is -1.08. The van der Waals surface area contributed by atoms with Gasteiger partial charge in [-0.1, -0.05) is 15.9 Å². The number of aromatic amines is 1. The summed E-state index contributed by atoms with van der Waals surface area (Å²) in [4.78, 5) is 30.1. The Labute approximate surface area is 122 Å². The maximum Gasteiger partial charge on any atom is 0.317 e. The first-order valence-corrected chi connectivity index (χ1v) is 6.53. The van der Waals surface area contributed by atoms with Crippen LogP contribution in [0.15, 0.2) is 22.7 Å². The Kier molecular flexibility index (Phi) is 4.35. The fourth-order valence-electron chi connectivity index (χ4n) is 1.87. The van der Waals surface area contributed by atoms with Crippen molar-refractivity contribution in [3.63, 3.8) is 0 Å². The van der Waals surface area contributed by atoms with E-state index in [-0.39, 0.29) is 19.6 Å². The van der Waals surface area contributed by atoms with Gasteiger partial charge in [-0.15, -0.1) is 0 Å². The van der Waals surface area contributed by atoms with Crippen LogP contribution in [0.3, 0.4) is 0 Å². The van der Waals surface area contributed by atoms with Gasteiger partial charge in [-0.2, -0.15) is 0 Å². The van der Waals surface area contributed by atoms with Crippen molar-refractivity contribution in [1.29, 1.82) is 0 Å². The molecule has 7 nitrogen and oxygen atoms in total. The molecule has 0 unspecified atom stereocenters. The summed E-state index contributed by atoms with van der Waals surface area (Å²) in [6.45, 7) is -0.578. The minimum absolute atomic E-state index is 0.130. The smallest absolute Gasteiger partial charge is 0.317 e. The van der Waals surface area contributed by atoms with Crippen LogP contribution in [0.5, 0.6) is 0 Å². The van der Waals surface area contributed by atoms with E-state index in [4.69, 9.17) is 10.2 Å². The van der Waals surface area contributed by atoms with Crippen LogP contribution >= 0.6 is 15.9 Å². The van der Waals surface area contributed by atoms with Gasteiger partial charge in [0.25, 0.3) is 0 Å². The number of carboxylic acids is 2. The number of carboxylic acid groups (broad SMARTS) is 2. The van der Waals surface area contributed by atoms with E-state index in [1.54, 1.807) is 0 Å². The van der Waals surface area contributed by atoms with Crippen molar-refractivity contribution in [2.24, 2.45) is 0 Å². The summed E-state index contributed by atoms with van der Waals surface area (Å²) in [5.41, 5.74) is 1.55. The van der Waals surface area contributed by atoms with Gasteiger partial charge >= 0.3 is 11.9 Å². The van der Waals surface area contributed by atoms with Crippen molar-refractivity contribution in [1.82, 2.24) is 14.9 Å². The molecule has 0 saturated carbocycles. The lowest BCUT2D eigenvalue weighted by Gasteiger charge is -2.15. The number of aliphatic carboxylic acids is 2. The minimum Gasteiger partial charge on any atom is -0.480 e. The molecule has 0 radical (unpaired) electrons. The number of fused-ring (bicyclic) bond motifs is 1. The molecule has 0 spiro atoms. The third-order valence-electron chi connectivity index (χ3n) is 2.58. The zero-order chi connectivity index (χ0) is 14.7. The highest BCUT2D eigenvalue weighted by molar-refractivity contribution is 9.10. The van der Waals surface area contributed by atoms with Crippen molar-refractivity contribution in [3.05, 3.63) is 28.5 Å². The van der Waals surface area contributed by atoms with Crippen LogP contribution in [0.2, 0.25) is 0 Å². The van der Waals surface area contributed by atoms with Crippen molar-refractivity contribution in [3.8, 4) is 0 Å². The molecule has 1 aromatic heterocycles. The van der Waals surface area contributed by atoms with Crippen molar-refractivity contribution >= 4 is 38.9 Å². The molecule has 2 aromatic rings. The summed E-state index contributed by atoms with van der Waals surface area (Å²) >= 11 is 3.34. The Bertz CT molecular complexity index is 639. The molecular weight excluding hydrogens is 330 g/mol. The summed E-state index contributed by atoms with van der Waals surface area (Å²) in [6.07, 6.45) is 0. The molecule has 0 aliphatic carbocycles. The first-order valence-electron chi connectivity index (χ1n) is 5.74. The van der Waals surface area contributed by atoms with Crippen LogP contribution in [0.25, 0.3) is 11.0 Å². The number of imidazole rings is 1. The normalized spacial score (nSPS) is 11.1. The number of hydrogen-bond donors (Lipinski definition) is 3. The van der Waals surface area contributed by atoms with Gasteiger partial charge in [0.15, 0.2) is 0 Å². The standard InChI is InChI=1S/C12H12BrN3O4/c13-7-1-2-8-9(3-7)15-10(14-8)4-16(5-11(17)18)6-12(19)20/h1-3H,4-6H2,(H,14,15)(H,17,18)(H,19,20). The predicted molar refractivity (Wildman–Crippen MR) is 74.3 cm³/mol. The number of benzene rings is 1. The van der Waals surface area contributed by atoms with E-state index < -0.39 is 11.9 Å². The van der Waals surface area contributed by atoms with Gasteiger partial charge in [0.1, 0.15) is 5.82 Å². The highest BCUT2D eigenvalue weighted by atomic mass is 79.9. The third kappa shape index (κ3) is 3.78. The van der Waals surface area contributed by atoms with Crippen LogP contribution in [0.1, 0.15) is 5.82 Å². The second-order valence-corrected chi connectivity index (χ2v) is 5.19. The van der Waals surface area contributed by atoms with Crippen LogP contribution in [-0.4, -0.2) is 50.1 Å². The second-order valence-electron chi connectivity index (χ2n) is 4.28. The van der Waals surface area contributed by atoms with E-state index >= 15 is 0 Å². The predicted octanol–water partition coefficient (Wildman–Crippen LogP) is 1.30. The molecule has 0 aliphatic rings. The topological polar surface area (TPSA) is 107 Å². The van der Waals surface area contributed by atoms with Crippen LogP contribution in [0.4, 0.5) is 0 Å². The van der Waals surface area contributed by atoms with E-state index in [0.29, 0.717) is 5.82 Å². The average molecular weight is 342 g/mol. The third-order valence-corrected chi connectivity index (χ3v) is 3.08. The molecule has 3 N–H and O–H groups in total. The van der Waals surface area contributed by atoms with Gasteiger partial charge < -0.3 is 15.2 Å². The number of rotatable bonds is 6. The summed E-state index contributed by atoms with van der Waals surface area (Å²) in [7, 11) is 0. The molecule has 0 saturated heterocycles. The van der Waals surface area contributed by atoms with E-state index in [0.717, 1.165) is 15.5 Å². The number of aromatic nitrogens is 2. The summed E-state index contributed by atoms with van der Waals surface area (Å²) in [5.74, 6) is -1.63. The van der Waals surface area contributed by atoms with E-state index in [1.807, 2.05) is 18.2 Å². The molecular formula is C12H12BrN3O4. The summed E-state index contributed by atoms with van der Waals surface area (Å²) in [6, 6.07) is 5.52. The highest BCUT2D eigenvalue weighted by Gasteiger charge is 2.15. The molecule has 106 valence electrons. The van der Waals surface area contributed by atoms with E-state index in [2.05, 4.69) is 25.9 Å². The molecule has 1 aromatic carbocycles. The molecule has 0 fully saturated rings. The van der Waals surface area contributed by atoms with Crippen molar-refractivity contribution in [2.45, 2.75) is 6.54 Å². The molecule has 2 rings (SSSR count). The highest BCUT2D eigenvalue weighted by Crippen LogP contribution is 2.18. The maximum atomic E-state index is 10.7. The average Bonchev–Trinajstić information content (AvgIpc) is 2.68. The largest absolute Gasteiger partial charge is 0.480 e. The molecule has 20 heavy (non-hydrogen) atoms. The lowest BCUT2D eigenvalue weighted by Crippen LogP contribution is -2.34. The number of hydrogen-bond acceptors (Lipinski definition) is 4. The zero-order valence-electron chi connectivity index (χ0n) is 10.3. The summed E-state index contributed by atoms with van der Waals surface area (Å²) in [5, 5.41) is 17.6. The molecule has 8 heteroatoms. The van der Waals surface area contributed by atoms with Gasteiger partial charge in [-0.05, 0) is 18.2 Å². The van der Waals surface area contributed by atoms with Crippen LogP contribution in [0, 0.1) is 0 Å². The first-order chi connectivity index (χ1) is 9.44. The second kappa shape index (κ2) is 6.02. The molecule has 0 amide bonds. The first kappa shape index (κ1) is 14.5. The van der Waals surface area contributed by atoms with Crippen LogP contribution < -0.4 is 0 Å². The van der Waals surface area contributed by atoms with Gasteiger partial charge in [-0.25, -0.2) is 4.98 Å². The van der Waals surface area contributed by atoms with E-state index in [9.17, 15) is 9.59 Å². The van der Waals surface area contributed by atoms with Gasteiger partial charge in [-0.3, -0.25) is 14.5 Å². The zero-order valence-corrected chi connectivity index (χ0v) is 11.9. The lowest BCUT2D eigenvalue weighted by atomic mass is 10.3. The summed E-state index contributed by atoms with van der Waals surface area (Å²) < 4.78 is 0.896. The Hall–Kier alpha value is -1.93. The maximum absolute atomic E-state index is 10.7. The quantitative estimate of drug-likeness (QED) is 0.731. The molecule has 0 atom stereocenters. The van der Waals surface area contributed by atoms with Crippen molar-refractivity contribution in [2.75, 3.05) is 13.1 Å². The number of carbonyl (C=O) groups is 2. The van der Waals surface area contributed by atoms with Gasteiger partial charge in [0, 0.05) is 4.47 Å². The Morgan fingerprint density at radius 1 is 1.25 bits per heavy atom. The fourth-order valence-corrected chi connectivity index (χ4v) is 2.23.